The maximum absolute atomic E-state index is 11.9. The van der Waals surface area contributed by atoms with E-state index in [-0.39, 0.29) is 5.41 Å². The van der Waals surface area contributed by atoms with Crippen LogP contribution in [0.5, 0.6) is 0 Å². The minimum Gasteiger partial charge on any atom is -0.299 e. The second-order valence-electron chi connectivity index (χ2n) is 4.78. The summed E-state index contributed by atoms with van der Waals surface area (Å²) in [5.74, 6) is 1.15. The molecule has 0 radical (unpaired) electrons. The molecule has 1 spiro atoms. The van der Waals surface area contributed by atoms with E-state index in [1.807, 2.05) is 0 Å². The highest BCUT2D eigenvalue weighted by molar-refractivity contribution is 5.87. The Morgan fingerprint density at radius 2 is 2.31 bits per heavy atom. The standard InChI is InChI=1S/C12H18O/c1-9-4-3-7-12(8-9)10(2)5-6-11(12)13/h4,10H,3,5-8H2,1-2H3/t10-,12-/m1/s1. The van der Waals surface area contributed by atoms with Crippen LogP contribution in [0.4, 0.5) is 0 Å². The van der Waals surface area contributed by atoms with E-state index >= 15 is 0 Å². The van der Waals surface area contributed by atoms with Crippen molar-refractivity contribution in [3.63, 3.8) is 0 Å². The van der Waals surface area contributed by atoms with Gasteiger partial charge < -0.3 is 0 Å². The van der Waals surface area contributed by atoms with Gasteiger partial charge in [-0.15, -0.1) is 0 Å². The van der Waals surface area contributed by atoms with Gasteiger partial charge >= 0.3 is 0 Å². The predicted octanol–water partition coefficient (Wildman–Crippen LogP) is 3.10. The van der Waals surface area contributed by atoms with Crippen LogP contribution in [0.15, 0.2) is 11.6 Å². The first-order valence-corrected chi connectivity index (χ1v) is 5.34. The van der Waals surface area contributed by atoms with Gasteiger partial charge in [-0.25, -0.2) is 0 Å². The molecular formula is C12H18O. The van der Waals surface area contributed by atoms with Crippen molar-refractivity contribution >= 4 is 5.78 Å². The predicted molar refractivity (Wildman–Crippen MR) is 53.4 cm³/mol. The van der Waals surface area contributed by atoms with Gasteiger partial charge in [-0.3, -0.25) is 4.79 Å². The molecule has 1 saturated carbocycles. The third-order valence-corrected chi connectivity index (χ3v) is 3.98. The molecule has 2 rings (SSSR count). The molecule has 0 unspecified atom stereocenters. The van der Waals surface area contributed by atoms with Gasteiger partial charge in [0.25, 0.3) is 0 Å². The quantitative estimate of drug-likeness (QED) is 0.521. The van der Waals surface area contributed by atoms with E-state index < -0.39 is 0 Å². The first kappa shape index (κ1) is 8.98. The van der Waals surface area contributed by atoms with Crippen molar-refractivity contribution < 1.29 is 4.79 Å². The Kier molecular flexibility index (Phi) is 2.05. The van der Waals surface area contributed by atoms with E-state index in [0.717, 1.165) is 32.1 Å². The molecule has 1 nitrogen and oxygen atoms in total. The van der Waals surface area contributed by atoms with Gasteiger partial charge in [0, 0.05) is 11.8 Å². The van der Waals surface area contributed by atoms with Crippen LogP contribution in [0.1, 0.15) is 46.0 Å². The number of hydrogen-bond acceptors (Lipinski definition) is 1. The Labute approximate surface area is 80.2 Å². The van der Waals surface area contributed by atoms with Crippen LogP contribution >= 0.6 is 0 Å². The van der Waals surface area contributed by atoms with Crippen molar-refractivity contribution in [2.24, 2.45) is 11.3 Å². The molecule has 0 N–H and O–H groups in total. The Bertz CT molecular complexity index is 264. The number of carbonyl (C=O) groups is 1. The lowest BCUT2D eigenvalue weighted by atomic mass is 9.68. The van der Waals surface area contributed by atoms with Gasteiger partial charge in [-0.2, -0.15) is 0 Å². The van der Waals surface area contributed by atoms with Crippen molar-refractivity contribution in [1.82, 2.24) is 0 Å². The normalized spacial score (nSPS) is 39.7. The third-order valence-electron chi connectivity index (χ3n) is 3.98. The Morgan fingerprint density at radius 1 is 1.54 bits per heavy atom. The number of allylic oxidation sites excluding steroid dienone is 2. The van der Waals surface area contributed by atoms with Gasteiger partial charge in [0.05, 0.1) is 0 Å². The molecular weight excluding hydrogens is 160 g/mol. The summed E-state index contributed by atoms with van der Waals surface area (Å²) in [5.41, 5.74) is 1.48. The molecule has 0 bridgehead atoms. The zero-order chi connectivity index (χ0) is 9.47. The number of carbonyl (C=O) groups excluding carboxylic acids is 1. The average Bonchev–Trinajstić information content (AvgIpc) is 2.34. The van der Waals surface area contributed by atoms with Crippen LogP contribution in [-0.2, 0) is 4.79 Å². The fourth-order valence-corrected chi connectivity index (χ4v) is 3.04. The zero-order valence-corrected chi connectivity index (χ0v) is 8.60. The molecule has 0 aliphatic heterocycles. The van der Waals surface area contributed by atoms with Gasteiger partial charge in [0.15, 0.2) is 0 Å². The summed E-state index contributed by atoms with van der Waals surface area (Å²) in [6, 6.07) is 0. The summed E-state index contributed by atoms with van der Waals surface area (Å²) >= 11 is 0. The maximum Gasteiger partial charge on any atom is 0.139 e. The highest BCUT2D eigenvalue weighted by atomic mass is 16.1. The van der Waals surface area contributed by atoms with Crippen LogP contribution in [0, 0.1) is 11.3 Å². The van der Waals surface area contributed by atoms with Gasteiger partial charge in [0.1, 0.15) is 5.78 Å². The molecule has 0 aromatic rings. The Balaban J connectivity index is 2.29. The molecule has 0 saturated heterocycles. The van der Waals surface area contributed by atoms with Crippen LogP contribution in [0.2, 0.25) is 0 Å². The number of hydrogen-bond donors (Lipinski definition) is 0. The lowest BCUT2D eigenvalue weighted by molar-refractivity contribution is -0.127. The van der Waals surface area contributed by atoms with Crippen molar-refractivity contribution in [2.45, 2.75) is 46.0 Å². The molecule has 0 aromatic heterocycles. The van der Waals surface area contributed by atoms with Crippen molar-refractivity contribution in [3.8, 4) is 0 Å². The van der Waals surface area contributed by atoms with Crippen molar-refractivity contribution in [2.75, 3.05) is 0 Å². The fraction of sp³-hybridized carbons (Fsp3) is 0.750. The highest BCUT2D eigenvalue weighted by Gasteiger charge is 2.47. The molecule has 72 valence electrons. The van der Waals surface area contributed by atoms with E-state index in [2.05, 4.69) is 19.9 Å². The van der Waals surface area contributed by atoms with Crippen LogP contribution in [0.25, 0.3) is 0 Å². The highest BCUT2D eigenvalue weighted by Crippen LogP contribution is 2.50. The molecule has 0 aromatic carbocycles. The SMILES string of the molecule is CC1=CCC[C@]2(C1)C(=O)CC[C@H]2C. The summed E-state index contributed by atoms with van der Waals surface area (Å²) < 4.78 is 0. The minimum atomic E-state index is 0.0544. The van der Waals surface area contributed by atoms with E-state index in [4.69, 9.17) is 0 Å². The first-order chi connectivity index (χ1) is 6.15. The summed E-state index contributed by atoms with van der Waals surface area (Å²) in [4.78, 5) is 11.9. The van der Waals surface area contributed by atoms with E-state index in [9.17, 15) is 4.79 Å². The van der Waals surface area contributed by atoms with Crippen LogP contribution < -0.4 is 0 Å². The average molecular weight is 178 g/mol. The van der Waals surface area contributed by atoms with Crippen molar-refractivity contribution in [3.05, 3.63) is 11.6 Å². The molecule has 2 aliphatic rings. The van der Waals surface area contributed by atoms with Crippen LogP contribution in [-0.4, -0.2) is 5.78 Å². The molecule has 1 fully saturated rings. The minimum absolute atomic E-state index is 0.0544. The number of Topliss-reactive ketones (excluding diaryl/α,β-unsaturated/α-hetero) is 1. The summed E-state index contributed by atoms with van der Waals surface area (Å²) in [7, 11) is 0. The topological polar surface area (TPSA) is 17.1 Å². The van der Waals surface area contributed by atoms with E-state index in [1.54, 1.807) is 0 Å². The Morgan fingerprint density at radius 3 is 2.85 bits per heavy atom. The molecule has 1 heteroatoms. The first-order valence-electron chi connectivity index (χ1n) is 5.34. The Hall–Kier alpha value is -0.590. The maximum atomic E-state index is 11.9. The molecule has 0 heterocycles. The van der Waals surface area contributed by atoms with E-state index in [0.29, 0.717) is 11.7 Å². The van der Waals surface area contributed by atoms with Crippen molar-refractivity contribution in [1.29, 1.82) is 0 Å². The molecule has 13 heavy (non-hydrogen) atoms. The van der Waals surface area contributed by atoms with Crippen LogP contribution in [0.3, 0.4) is 0 Å². The number of rotatable bonds is 0. The van der Waals surface area contributed by atoms with E-state index in [1.165, 1.54) is 5.57 Å². The lowest BCUT2D eigenvalue weighted by Crippen LogP contribution is -2.33. The second-order valence-corrected chi connectivity index (χ2v) is 4.78. The number of ketones is 1. The largest absolute Gasteiger partial charge is 0.299 e. The summed E-state index contributed by atoms with van der Waals surface area (Å²) in [5, 5.41) is 0. The summed E-state index contributed by atoms with van der Waals surface area (Å²) in [6.07, 6.45) is 7.49. The van der Waals surface area contributed by atoms with Gasteiger partial charge in [-0.1, -0.05) is 18.6 Å². The smallest absolute Gasteiger partial charge is 0.139 e. The van der Waals surface area contributed by atoms with Gasteiger partial charge in [-0.05, 0) is 38.5 Å². The molecule has 0 amide bonds. The second kappa shape index (κ2) is 2.97. The monoisotopic (exact) mass is 178 g/mol. The lowest BCUT2D eigenvalue weighted by Gasteiger charge is -2.35. The third kappa shape index (κ3) is 1.25. The fourth-order valence-electron chi connectivity index (χ4n) is 3.04. The molecule has 2 atom stereocenters. The summed E-state index contributed by atoms with van der Waals surface area (Å²) in [6.45, 7) is 4.42. The zero-order valence-electron chi connectivity index (χ0n) is 8.60. The molecule has 2 aliphatic carbocycles. The van der Waals surface area contributed by atoms with Gasteiger partial charge in [0.2, 0.25) is 0 Å².